The molecule has 0 radical (unpaired) electrons. The second-order valence-corrected chi connectivity index (χ2v) is 5.66. The molecule has 0 fully saturated rings. The van der Waals surface area contributed by atoms with Gasteiger partial charge in [-0.3, -0.25) is 0 Å². The number of benzene rings is 2. The van der Waals surface area contributed by atoms with Gasteiger partial charge in [0.05, 0.1) is 0 Å². The Kier molecular flexibility index (Phi) is 4.21. The highest BCUT2D eigenvalue weighted by atomic mass is 14.2. The summed E-state index contributed by atoms with van der Waals surface area (Å²) in [5, 5.41) is 0. The van der Waals surface area contributed by atoms with Crippen LogP contribution in [0.1, 0.15) is 32.3 Å². The first-order chi connectivity index (χ1) is 9.13. The normalized spacial score (nSPS) is 11.3. The Hall–Kier alpha value is -1.82. The second kappa shape index (κ2) is 5.88. The third-order valence-corrected chi connectivity index (χ3v) is 3.72. The molecule has 0 bridgehead atoms. The predicted molar refractivity (Wildman–Crippen MR) is 84.3 cm³/mol. The topological polar surface area (TPSA) is 0 Å². The molecule has 0 aliphatic heterocycles. The minimum Gasteiger partial charge on any atom is -0.103 e. The molecule has 0 amide bonds. The van der Waals surface area contributed by atoms with E-state index in [1.165, 1.54) is 16.7 Å². The standard InChI is InChI=1S/C19H22/c1-4-5-14-19(2,3)18-13-9-12-17(15-18)16-10-7-6-8-11-16/h4,6-13,15H,1,5,14H2,2-3H3. The van der Waals surface area contributed by atoms with Gasteiger partial charge in [0, 0.05) is 0 Å². The fourth-order valence-electron chi connectivity index (χ4n) is 2.36. The van der Waals surface area contributed by atoms with Gasteiger partial charge in [0.2, 0.25) is 0 Å². The lowest BCUT2D eigenvalue weighted by atomic mass is 9.79. The zero-order valence-corrected chi connectivity index (χ0v) is 11.9. The molecule has 0 aliphatic rings. The van der Waals surface area contributed by atoms with Crippen LogP contribution in [0.3, 0.4) is 0 Å². The quantitative estimate of drug-likeness (QED) is 0.606. The van der Waals surface area contributed by atoms with Crippen LogP contribution in [-0.4, -0.2) is 0 Å². The van der Waals surface area contributed by atoms with Crippen molar-refractivity contribution in [1.82, 2.24) is 0 Å². The van der Waals surface area contributed by atoms with E-state index < -0.39 is 0 Å². The maximum Gasteiger partial charge on any atom is -0.0100 e. The molecule has 0 spiro atoms. The van der Waals surface area contributed by atoms with Gasteiger partial charge < -0.3 is 0 Å². The minimum absolute atomic E-state index is 0.193. The van der Waals surface area contributed by atoms with E-state index in [4.69, 9.17) is 0 Å². The molecule has 98 valence electrons. The maximum absolute atomic E-state index is 3.82. The van der Waals surface area contributed by atoms with Crippen molar-refractivity contribution in [2.45, 2.75) is 32.1 Å². The molecule has 0 heteroatoms. The van der Waals surface area contributed by atoms with Crippen molar-refractivity contribution in [1.29, 1.82) is 0 Å². The first-order valence-electron chi connectivity index (χ1n) is 6.90. The van der Waals surface area contributed by atoms with E-state index in [1.807, 2.05) is 6.08 Å². The third-order valence-electron chi connectivity index (χ3n) is 3.72. The lowest BCUT2D eigenvalue weighted by molar-refractivity contribution is 0.485. The van der Waals surface area contributed by atoms with Gasteiger partial charge in [0.1, 0.15) is 0 Å². The molecular weight excluding hydrogens is 228 g/mol. The summed E-state index contributed by atoms with van der Waals surface area (Å²) < 4.78 is 0. The number of hydrogen-bond donors (Lipinski definition) is 0. The van der Waals surface area contributed by atoms with Gasteiger partial charge >= 0.3 is 0 Å². The molecule has 0 unspecified atom stereocenters. The molecule has 2 aromatic rings. The lowest BCUT2D eigenvalue weighted by Gasteiger charge is -2.25. The van der Waals surface area contributed by atoms with E-state index in [1.54, 1.807) is 0 Å². The summed E-state index contributed by atoms with van der Waals surface area (Å²) >= 11 is 0. The molecule has 0 nitrogen and oxygen atoms in total. The summed E-state index contributed by atoms with van der Waals surface area (Å²) in [7, 11) is 0. The van der Waals surface area contributed by atoms with E-state index in [2.05, 4.69) is 75.0 Å². The van der Waals surface area contributed by atoms with Crippen LogP contribution in [-0.2, 0) is 5.41 Å². The predicted octanol–water partition coefficient (Wildman–Crippen LogP) is 5.60. The van der Waals surface area contributed by atoms with E-state index in [9.17, 15) is 0 Å². The Balaban J connectivity index is 2.32. The second-order valence-electron chi connectivity index (χ2n) is 5.66. The molecule has 2 aromatic carbocycles. The Bertz CT molecular complexity index is 535. The molecule has 0 heterocycles. The van der Waals surface area contributed by atoms with Crippen molar-refractivity contribution in [2.75, 3.05) is 0 Å². The summed E-state index contributed by atoms with van der Waals surface area (Å²) in [6.07, 6.45) is 4.19. The molecule has 2 rings (SSSR count). The van der Waals surface area contributed by atoms with Crippen LogP contribution < -0.4 is 0 Å². The van der Waals surface area contributed by atoms with Gasteiger partial charge in [0.25, 0.3) is 0 Å². The van der Waals surface area contributed by atoms with Crippen molar-refractivity contribution < 1.29 is 0 Å². The van der Waals surface area contributed by atoms with Crippen LogP contribution in [0.2, 0.25) is 0 Å². The fourth-order valence-corrected chi connectivity index (χ4v) is 2.36. The van der Waals surface area contributed by atoms with Gasteiger partial charge in [-0.1, -0.05) is 74.5 Å². The summed E-state index contributed by atoms with van der Waals surface area (Å²) in [6.45, 7) is 8.43. The average molecular weight is 250 g/mol. The molecular formula is C19H22. The highest BCUT2D eigenvalue weighted by Gasteiger charge is 2.19. The zero-order chi connectivity index (χ0) is 13.7. The highest BCUT2D eigenvalue weighted by molar-refractivity contribution is 5.64. The van der Waals surface area contributed by atoms with Crippen molar-refractivity contribution in [3.63, 3.8) is 0 Å². The summed E-state index contributed by atoms with van der Waals surface area (Å²) in [5.74, 6) is 0. The largest absolute Gasteiger partial charge is 0.103 e. The van der Waals surface area contributed by atoms with Crippen LogP contribution in [0.5, 0.6) is 0 Å². The molecule has 0 aromatic heterocycles. The third kappa shape index (κ3) is 3.35. The smallest absolute Gasteiger partial charge is 0.0100 e. The van der Waals surface area contributed by atoms with Crippen LogP contribution in [0.15, 0.2) is 67.3 Å². The van der Waals surface area contributed by atoms with E-state index >= 15 is 0 Å². The monoisotopic (exact) mass is 250 g/mol. The van der Waals surface area contributed by atoms with Crippen molar-refractivity contribution in [2.24, 2.45) is 0 Å². The first kappa shape index (κ1) is 13.6. The van der Waals surface area contributed by atoms with E-state index in [-0.39, 0.29) is 5.41 Å². The van der Waals surface area contributed by atoms with Crippen LogP contribution in [0.4, 0.5) is 0 Å². The molecule has 0 saturated heterocycles. The molecule has 0 aliphatic carbocycles. The Morgan fingerprint density at radius 2 is 1.63 bits per heavy atom. The maximum atomic E-state index is 3.82. The van der Waals surface area contributed by atoms with Gasteiger partial charge in [-0.25, -0.2) is 0 Å². The van der Waals surface area contributed by atoms with E-state index in [0.717, 1.165) is 12.8 Å². The van der Waals surface area contributed by atoms with Crippen LogP contribution in [0.25, 0.3) is 11.1 Å². The summed E-state index contributed by atoms with van der Waals surface area (Å²) in [5.41, 5.74) is 4.17. The number of hydrogen-bond acceptors (Lipinski definition) is 0. The first-order valence-corrected chi connectivity index (χ1v) is 6.90. The number of allylic oxidation sites excluding steroid dienone is 1. The van der Waals surface area contributed by atoms with E-state index in [0.29, 0.717) is 0 Å². The van der Waals surface area contributed by atoms with Crippen LogP contribution >= 0.6 is 0 Å². The Labute approximate surface area is 116 Å². The van der Waals surface area contributed by atoms with Gasteiger partial charge in [-0.05, 0) is 34.9 Å². The lowest BCUT2D eigenvalue weighted by Crippen LogP contribution is -2.16. The SMILES string of the molecule is C=CCCC(C)(C)c1cccc(-c2ccccc2)c1. The average Bonchev–Trinajstić information content (AvgIpc) is 2.46. The molecule has 0 N–H and O–H groups in total. The van der Waals surface area contributed by atoms with Crippen molar-refractivity contribution in [3.05, 3.63) is 72.8 Å². The Morgan fingerprint density at radius 3 is 2.32 bits per heavy atom. The van der Waals surface area contributed by atoms with Gasteiger partial charge in [-0.2, -0.15) is 0 Å². The summed E-state index contributed by atoms with van der Waals surface area (Å²) in [4.78, 5) is 0. The summed E-state index contributed by atoms with van der Waals surface area (Å²) in [6, 6.07) is 19.5. The van der Waals surface area contributed by atoms with Crippen molar-refractivity contribution >= 4 is 0 Å². The highest BCUT2D eigenvalue weighted by Crippen LogP contribution is 2.31. The van der Waals surface area contributed by atoms with Crippen LogP contribution in [0, 0.1) is 0 Å². The molecule has 19 heavy (non-hydrogen) atoms. The minimum atomic E-state index is 0.193. The van der Waals surface area contributed by atoms with Gasteiger partial charge in [0.15, 0.2) is 0 Å². The number of rotatable bonds is 5. The molecule has 0 saturated carbocycles. The fraction of sp³-hybridized carbons (Fsp3) is 0.263. The molecule has 0 atom stereocenters. The van der Waals surface area contributed by atoms with Gasteiger partial charge in [-0.15, -0.1) is 6.58 Å². The zero-order valence-electron chi connectivity index (χ0n) is 11.9. The Morgan fingerprint density at radius 1 is 0.947 bits per heavy atom. The van der Waals surface area contributed by atoms with Crippen molar-refractivity contribution in [3.8, 4) is 11.1 Å².